The lowest BCUT2D eigenvalue weighted by atomic mass is 9.44. The number of hydrogen-bond donors (Lipinski definition) is 3. The van der Waals surface area contributed by atoms with Crippen molar-refractivity contribution in [2.24, 2.45) is 22.7 Å². The van der Waals surface area contributed by atoms with Crippen LogP contribution in [0.4, 0.5) is 5.69 Å². The van der Waals surface area contributed by atoms with Crippen LogP contribution in [0.2, 0.25) is 0 Å². The fourth-order valence-electron chi connectivity index (χ4n) is 8.32. The van der Waals surface area contributed by atoms with Gasteiger partial charge in [-0.05, 0) is 54.9 Å². The molecule has 1 aromatic carbocycles. The van der Waals surface area contributed by atoms with Crippen LogP contribution in [0, 0.1) is 22.7 Å². The van der Waals surface area contributed by atoms with E-state index in [1.54, 1.807) is 24.3 Å². The fourth-order valence-corrected chi connectivity index (χ4v) is 8.32. The number of morpholine rings is 1. The van der Waals surface area contributed by atoms with E-state index in [1.165, 1.54) is 0 Å². The van der Waals surface area contributed by atoms with Crippen LogP contribution in [0.1, 0.15) is 38.7 Å². The smallest absolute Gasteiger partial charge is 0.343 e. The van der Waals surface area contributed by atoms with E-state index in [-0.39, 0.29) is 41.3 Å². The van der Waals surface area contributed by atoms with Gasteiger partial charge in [-0.15, -0.1) is 0 Å². The summed E-state index contributed by atoms with van der Waals surface area (Å²) in [5, 5.41) is 32.2. The number of benzene rings is 1. The van der Waals surface area contributed by atoms with Crippen molar-refractivity contribution in [2.75, 3.05) is 58.5 Å². The lowest BCUT2D eigenvalue weighted by Crippen LogP contribution is -2.67. The van der Waals surface area contributed by atoms with Crippen molar-refractivity contribution >= 4 is 17.7 Å². The number of aliphatic hydroxyl groups excluding tert-OH is 2. The Balaban J connectivity index is 1.33. The Morgan fingerprint density at radius 2 is 1.93 bits per heavy atom. The van der Waals surface area contributed by atoms with E-state index in [9.17, 15) is 20.1 Å². The number of aliphatic hydroxyl groups is 2. The molecule has 4 unspecified atom stereocenters. The summed E-state index contributed by atoms with van der Waals surface area (Å²) in [5.74, 6) is 0.0758. The first-order valence-electron chi connectivity index (χ1n) is 15.1. The number of esters is 1. The van der Waals surface area contributed by atoms with Crippen molar-refractivity contribution in [3.05, 3.63) is 53.3 Å². The average molecular weight is 581 g/mol. The maximum atomic E-state index is 12.9. The molecule has 3 aliphatic heterocycles. The second kappa shape index (κ2) is 10.8. The molecule has 3 N–H and O–H groups in total. The van der Waals surface area contributed by atoms with Gasteiger partial charge in [-0.3, -0.25) is 4.90 Å². The van der Waals surface area contributed by atoms with Gasteiger partial charge < -0.3 is 34.4 Å². The average Bonchev–Trinajstić information content (AvgIpc) is 3.67. The third-order valence-corrected chi connectivity index (χ3v) is 10.9. The summed E-state index contributed by atoms with van der Waals surface area (Å²) in [4.78, 5) is 17.3. The highest BCUT2D eigenvalue weighted by atomic mass is 16.6. The molecule has 2 saturated carbocycles. The van der Waals surface area contributed by atoms with E-state index in [0.717, 1.165) is 31.6 Å². The lowest BCUT2D eigenvalue weighted by Gasteiger charge is -2.63. The third kappa shape index (κ3) is 4.79. The summed E-state index contributed by atoms with van der Waals surface area (Å²) in [5.41, 5.74) is 0.612. The van der Waals surface area contributed by atoms with Gasteiger partial charge in [0.15, 0.2) is 0 Å². The summed E-state index contributed by atoms with van der Waals surface area (Å²) in [7, 11) is 3.81. The Morgan fingerprint density at radius 1 is 1.19 bits per heavy atom. The molecule has 2 saturated heterocycles. The first-order valence-corrected chi connectivity index (χ1v) is 15.1. The van der Waals surface area contributed by atoms with Crippen LogP contribution in [0.15, 0.2) is 47.8 Å². The molecule has 42 heavy (non-hydrogen) atoms. The molecular weight excluding hydrogens is 536 g/mol. The molecule has 9 heteroatoms. The quantitative estimate of drug-likeness (QED) is 0.345. The number of aromatic hydroxyl groups is 1. The second-order valence-electron chi connectivity index (χ2n) is 13.4. The van der Waals surface area contributed by atoms with Crippen molar-refractivity contribution in [1.82, 2.24) is 4.90 Å². The second-order valence-corrected chi connectivity index (χ2v) is 13.4. The molecule has 1 spiro atoms. The number of allylic oxidation sites excluding steroid dienone is 1. The van der Waals surface area contributed by atoms with E-state index < -0.39 is 17.5 Å². The molecule has 0 aromatic heterocycles. The molecule has 9 nitrogen and oxygen atoms in total. The summed E-state index contributed by atoms with van der Waals surface area (Å²) in [6.07, 6.45) is 9.04. The summed E-state index contributed by atoms with van der Waals surface area (Å²) < 4.78 is 17.6. The van der Waals surface area contributed by atoms with Crippen LogP contribution >= 0.6 is 0 Å². The van der Waals surface area contributed by atoms with Gasteiger partial charge in [0.05, 0.1) is 38.1 Å². The Hall–Kier alpha value is -2.69. The Labute approximate surface area is 248 Å². The van der Waals surface area contributed by atoms with Gasteiger partial charge in [-0.2, -0.15) is 0 Å². The van der Waals surface area contributed by atoms with Crippen molar-refractivity contribution in [2.45, 2.75) is 50.9 Å². The van der Waals surface area contributed by atoms with Gasteiger partial charge in [-0.1, -0.05) is 26.0 Å². The monoisotopic (exact) mass is 580 g/mol. The number of nitrogens with zero attached hydrogens (tertiary/aromatic N) is 2. The number of carbonyl (C=O) groups is 1. The van der Waals surface area contributed by atoms with Crippen molar-refractivity contribution < 1.29 is 34.3 Å². The third-order valence-electron chi connectivity index (χ3n) is 10.9. The van der Waals surface area contributed by atoms with Crippen LogP contribution in [-0.2, 0) is 19.0 Å². The lowest BCUT2D eigenvalue weighted by molar-refractivity contribution is -0.186. The molecule has 5 aliphatic rings. The van der Waals surface area contributed by atoms with Crippen LogP contribution in [0.25, 0.3) is 6.08 Å². The Kier molecular flexibility index (Phi) is 7.55. The minimum atomic E-state index is -0.633. The van der Waals surface area contributed by atoms with E-state index in [2.05, 4.69) is 17.9 Å². The zero-order valence-corrected chi connectivity index (χ0v) is 25.1. The normalized spacial score (nSPS) is 39.4. The van der Waals surface area contributed by atoms with Crippen molar-refractivity contribution in [3.8, 4) is 5.75 Å². The predicted molar refractivity (Wildman–Crippen MR) is 159 cm³/mol. The van der Waals surface area contributed by atoms with Crippen LogP contribution in [-0.4, -0.2) is 97.5 Å². The number of anilines is 1. The minimum Gasteiger partial charge on any atom is -0.507 e. The standard InChI is InChI=1S/C33H44N2O7/c1-31-10-9-29(38)32(2,19-36)27(31)18-28(35-11-13-40-14-12-35)33(20-41-33)26(31)8-6-22-16-24(42-30(22)39)15-21-5-7-23(34(3)4)17-25(21)37/h5-8,15-17,26-29,36-38H,9-14,18-20H2,1-4H3/b8-6+,24-15+/t26?,27?,28?,29-,31+,32-,33?/m0/s1. The number of hydrogen-bond acceptors (Lipinski definition) is 9. The first-order chi connectivity index (χ1) is 20.0. The van der Waals surface area contributed by atoms with E-state index in [1.807, 2.05) is 38.1 Å². The van der Waals surface area contributed by atoms with Gasteiger partial charge in [0, 0.05) is 61.9 Å². The van der Waals surface area contributed by atoms with Crippen LogP contribution in [0.3, 0.4) is 0 Å². The number of ether oxygens (including phenoxy) is 3. The SMILES string of the molecule is CN(C)c1ccc(/C=C2C=C(/C=C/C3C4(CO4)C(N4CCOCC4)CC4[C@]3(C)CC[C@H](O)[C@@]4(C)CO)C(=O)O\2)c(O)c1. The number of carbonyl (C=O) groups excluding carboxylic acids is 1. The van der Waals surface area contributed by atoms with Crippen molar-refractivity contribution in [1.29, 1.82) is 0 Å². The molecular formula is C33H44N2O7. The highest BCUT2D eigenvalue weighted by molar-refractivity contribution is 5.96. The maximum absolute atomic E-state index is 12.9. The zero-order valence-electron chi connectivity index (χ0n) is 25.1. The van der Waals surface area contributed by atoms with E-state index in [0.29, 0.717) is 43.1 Å². The maximum Gasteiger partial charge on any atom is 0.343 e. The van der Waals surface area contributed by atoms with E-state index in [4.69, 9.17) is 14.2 Å². The highest BCUT2D eigenvalue weighted by Gasteiger charge is 2.71. The Morgan fingerprint density at radius 3 is 2.57 bits per heavy atom. The van der Waals surface area contributed by atoms with Gasteiger partial charge >= 0.3 is 5.97 Å². The molecule has 0 amide bonds. The summed E-state index contributed by atoms with van der Waals surface area (Å²) in [6.45, 7) is 7.86. The minimum absolute atomic E-state index is 0.0284. The molecule has 228 valence electrons. The number of fused-ring (bicyclic) bond motifs is 1. The van der Waals surface area contributed by atoms with E-state index >= 15 is 0 Å². The predicted octanol–water partition coefficient (Wildman–Crippen LogP) is 3.10. The molecule has 4 fully saturated rings. The van der Waals surface area contributed by atoms with Crippen LogP contribution < -0.4 is 4.90 Å². The molecule has 6 rings (SSSR count). The zero-order chi connectivity index (χ0) is 29.9. The topological polar surface area (TPSA) is 115 Å². The van der Waals surface area contributed by atoms with Gasteiger partial charge in [-0.25, -0.2) is 4.79 Å². The van der Waals surface area contributed by atoms with Gasteiger partial charge in [0.25, 0.3) is 0 Å². The molecule has 2 aliphatic carbocycles. The highest BCUT2D eigenvalue weighted by Crippen LogP contribution is 2.66. The molecule has 0 bridgehead atoms. The number of phenolic OH excluding ortho intramolecular Hbond substituents is 1. The summed E-state index contributed by atoms with van der Waals surface area (Å²) >= 11 is 0. The van der Waals surface area contributed by atoms with Gasteiger partial charge in [0.2, 0.25) is 0 Å². The number of rotatable bonds is 6. The molecule has 0 radical (unpaired) electrons. The fraction of sp³-hybridized carbons (Fsp3) is 0.606. The first kappa shape index (κ1) is 29.4. The largest absolute Gasteiger partial charge is 0.507 e. The molecule has 3 heterocycles. The number of phenols is 1. The summed E-state index contributed by atoms with van der Waals surface area (Å²) in [6, 6.07) is 5.49. The Bertz CT molecular complexity index is 1310. The number of cyclic esters (lactones) is 1. The molecule has 7 atom stereocenters. The van der Waals surface area contributed by atoms with Crippen molar-refractivity contribution in [3.63, 3.8) is 0 Å². The molecule has 1 aromatic rings. The number of epoxide rings is 1. The van der Waals surface area contributed by atoms with Crippen LogP contribution in [0.5, 0.6) is 5.75 Å². The van der Waals surface area contributed by atoms with Gasteiger partial charge in [0.1, 0.15) is 17.1 Å².